The monoisotopic (exact) mass is 368 g/mol. The molecule has 0 heterocycles. The first-order valence-corrected chi connectivity index (χ1v) is 8.45. The Labute approximate surface area is 155 Å². The summed E-state index contributed by atoms with van der Waals surface area (Å²) in [7, 11) is 0. The van der Waals surface area contributed by atoms with Gasteiger partial charge in [-0.3, -0.25) is 15.4 Å². The Hall–Kier alpha value is -3.12. The lowest BCUT2D eigenvalue weighted by atomic mass is 9.96. The number of non-ortho nitro benzene ring substituents is 1. The fourth-order valence-electron chi connectivity index (χ4n) is 3.02. The summed E-state index contributed by atoms with van der Waals surface area (Å²) in [6, 6.07) is 18.4. The van der Waals surface area contributed by atoms with Gasteiger partial charge >= 0.3 is 0 Å². The highest BCUT2D eigenvalue weighted by molar-refractivity contribution is 5.40. The second kappa shape index (κ2) is 8.05. The zero-order valence-corrected chi connectivity index (χ0v) is 14.6. The SMILES string of the molecule is C[C@@H](NC(c1ccccc1)c1cccc([N+](=O)[O-])c1)c1cc(F)cc(F)c1. The van der Waals surface area contributed by atoms with Gasteiger partial charge in [0.1, 0.15) is 11.6 Å². The van der Waals surface area contributed by atoms with Crippen LogP contribution < -0.4 is 5.32 Å². The van der Waals surface area contributed by atoms with Crippen LogP contribution in [0.4, 0.5) is 14.5 Å². The molecule has 0 aliphatic carbocycles. The number of nitro benzene ring substituents is 1. The predicted molar refractivity (Wildman–Crippen MR) is 99.3 cm³/mol. The molecule has 0 radical (unpaired) electrons. The molecule has 6 heteroatoms. The highest BCUT2D eigenvalue weighted by Gasteiger charge is 2.20. The smallest absolute Gasteiger partial charge is 0.269 e. The van der Waals surface area contributed by atoms with Gasteiger partial charge in [0, 0.05) is 24.2 Å². The fourth-order valence-corrected chi connectivity index (χ4v) is 3.02. The van der Waals surface area contributed by atoms with Crippen molar-refractivity contribution in [3.8, 4) is 0 Å². The van der Waals surface area contributed by atoms with Crippen molar-refractivity contribution < 1.29 is 13.7 Å². The Bertz CT molecular complexity index is 928. The van der Waals surface area contributed by atoms with E-state index < -0.39 is 16.6 Å². The summed E-state index contributed by atoms with van der Waals surface area (Å²) in [5.74, 6) is -1.30. The number of halogens is 2. The molecule has 0 aliphatic heterocycles. The molecule has 0 aromatic heterocycles. The maximum Gasteiger partial charge on any atom is 0.269 e. The van der Waals surface area contributed by atoms with Crippen molar-refractivity contribution in [2.45, 2.75) is 19.0 Å². The minimum Gasteiger partial charge on any atom is -0.300 e. The molecule has 0 spiro atoms. The molecule has 2 atom stereocenters. The molecule has 0 saturated carbocycles. The van der Waals surface area contributed by atoms with Crippen LogP contribution in [0.3, 0.4) is 0 Å². The van der Waals surface area contributed by atoms with Crippen LogP contribution >= 0.6 is 0 Å². The Morgan fingerprint density at radius 1 is 0.852 bits per heavy atom. The summed E-state index contributed by atoms with van der Waals surface area (Å²) in [5, 5.41) is 14.5. The molecule has 1 N–H and O–H groups in total. The summed E-state index contributed by atoms with van der Waals surface area (Å²) >= 11 is 0. The third kappa shape index (κ3) is 4.54. The standard InChI is InChI=1S/C21H18F2N2O2/c1-14(17-10-18(22)13-19(23)11-17)24-21(15-6-3-2-4-7-15)16-8-5-9-20(12-16)25(26)27/h2-14,21,24H,1H3/t14-,21?/m1/s1. The van der Waals surface area contributed by atoms with E-state index >= 15 is 0 Å². The molecule has 0 amide bonds. The first kappa shape index (κ1) is 18.7. The first-order chi connectivity index (χ1) is 12.9. The van der Waals surface area contributed by atoms with Gasteiger partial charge in [-0.15, -0.1) is 0 Å². The summed E-state index contributed by atoms with van der Waals surface area (Å²) in [4.78, 5) is 10.7. The van der Waals surface area contributed by atoms with Crippen molar-refractivity contribution in [1.29, 1.82) is 0 Å². The zero-order valence-electron chi connectivity index (χ0n) is 14.6. The predicted octanol–water partition coefficient (Wildman–Crippen LogP) is 5.31. The summed E-state index contributed by atoms with van der Waals surface area (Å²) in [6.07, 6.45) is 0. The van der Waals surface area contributed by atoms with Crippen molar-refractivity contribution in [2.24, 2.45) is 0 Å². The summed E-state index contributed by atoms with van der Waals surface area (Å²) in [5.41, 5.74) is 2.03. The van der Waals surface area contributed by atoms with Crippen LogP contribution in [0.2, 0.25) is 0 Å². The topological polar surface area (TPSA) is 55.2 Å². The average Bonchev–Trinajstić information content (AvgIpc) is 2.66. The van der Waals surface area contributed by atoms with Gasteiger partial charge < -0.3 is 0 Å². The van der Waals surface area contributed by atoms with E-state index in [0.29, 0.717) is 11.1 Å². The maximum absolute atomic E-state index is 13.6. The quantitative estimate of drug-likeness (QED) is 0.474. The van der Waals surface area contributed by atoms with E-state index in [2.05, 4.69) is 5.32 Å². The number of hydrogen-bond acceptors (Lipinski definition) is 3. The highest BCUT2D eigenvalue weighted by Crippen LogP contribution is 2.28. The van der Waals surface area contributed by atoms with Gasteiger partial charge in [-0.05, 0) is 35.7 Å². The molecule has 0 saturated heterocycles. The number of nitrogens with zero attached hydrogens (tertiary/aromatic N) is 1. The molecule has 3 aromatic rings. The van der Waals surface area contributed by atoms with Crippen LogP contribution in [-0.2, 0) is 0 Å². The van der Waals surface area contributed by atoms with Crippen molar-refractivity contribution in [1.82, 2.24) is 5.32 Å². The molecule has 27 heavy (non-hydrogen) atoms. The number of rotatable bonds is 6. The van der Waals surface area contributed by atoms with Gasteiger partial charge in [-0.2, -0.15) is 0 Å². The number of benzene rings is 3. The van der Waals surface area contributed by atoms with E-state index in [1.54, 1.807) is 19.1 Å². The van der Waals surface area contributed by atoms with Crippen LogP contribution in [0.25, 0.3) is 0 Å². The first-order valence-electron chi connectivity index (χ1n) is 8.45. The second-order valence-electron chi connectivity index (χ2n) is 6.29. The van der Waals surface area contributed by atoms with Crippen LogP contribution in [0, 0.1) is 21.7 Å². The van der Waals surface area contributed by atoms with Crippen LogP contribution in [0.5, 0.6) is 0 Å². The van der Waals surface area contributed by atoms with E-state index in [1.165, 1.54) is 24.3 Å². The molecule has 3 rings (SSSR count). The highest BCUT2D eigenvalue weighted by atomic mass is 19.1. The van der Waals surface area contributed by atoms with Crippen LogP contribution in [0.1, 0.15) is 35.7 Å². The lowest BCUT2D eigenvalue weighted by Gasteiger charge is -2.25. The maximum atomic E-state index is 13.6. The van der Waals surface area contributed by atoms with Gasteiger partial charge in [0.05, 0.1) is 11.0 Å². The van der Waals surface area contributed by atoms with Crippen LogP contribution in [-0.4, -0.2) is 4.92 Å². The molecule has 0 aliphatic rings. The van der Waals surface area contributed by atoms with Crippen molar-refractivity contribution in [3.63, 3.8) is 0 Å². The van der Waals surface area contributed by atoms with Crippen LogP contribution in [0.15, 0.2) is 72.8 Å². The van der Waals surface area contributed by atoms with E-state index in [0.717, 1.165) is 11.6 Å². The number of hydrogen-bond donors (Lipinski definition) is 1. The molecule has 0 bridgehead atoms. The molecular formula is C21H18F2N2O2. The third-order valence-electron chi connectivity index (χ3n) is 4.35. The largest absolute Gasteiger partial charge is 0.300 e. The normalized spacial score (nSPS) is 13.1. The lowest BCUT2D eigenvalue weighted by Crippen LogP contribution is -2.26. The Morgan fingerprint density at radius 2 is 1.48 bits per heavy atom. The minimum absolute atomic E-state index is 0.0142. The van der Waals surface area contributed by atoms with Gasteiger partial charge in [0.15, 0.2) is 0 Å². The van der Waals surface area contributed by atoms with Crippen molar-refractivity contribution >= 4 is 5.69 Å². The van der Waals surface area contributed by atoms with Crippen molar-refractivity contribution in [3.05, 3.63) is 111 Å². The Balaban J connectivity index is 1.98. The Kier molecular flexibility index (Phi) is 5.57. The van der Waals surface area contributed by atoms with Gasteiger partial charge in [0.25, 0.3) is 5.69 Å². The third-order valence-corrected chi connectivity index (χ3v) is 4.35. The average molecular weight is 368 g/mol. The van der Waals surface area contributed by atoms with E-state index in [4.69, 9.17) is 0 Å². The Morgan fingerprint density at radius 3 is 2.11 bits per heavy atom. The number of nitro groups is 1. The summed E-state index contributed by atoms with van der Waals surface area (Å²) < 4.78 is 27.1. The van der Waals surface area contributed by atoms with E-state index in [9.17, 15) is 18.9 Å². The fraction of sp³-hybridized carbons (Fsp3) is 0.143. The lowest BCUT2D eigenvalue weighted by molar-refractivity contribution is -0.384. The molecule has 1 unspecified atom stereocenters. The molecule has 4 nitrogen and oxygen atoms in total. The van der Waals surface area contributed by atoms with Gasteiger partial charge in [0.2, 0.25) is 0 Å². The zero-order chi connectivity index (χ0) is 19.4. The van der Waals surface area contributed by atoms with Crippen molar-refractivity contribution in [2.75, 3.05) is 0 Å². The second-order valence-corrected chi connectivity index (χ2v) is 6.29. The molecule has 3 aromatic carbocycles. The van der Waals surface area contributed by atoms with E-state index in [1.807, 2.05) is 30.3 Å². The number of nitrogens with one attached hydrogen (secondary N) is 1. The summed E-state index contributed by atoms with van der Waals surface area (Å²) in [6.45, 7) is 1.79. The molecule has 138 valence electrons. The minimum atomic E-state index is -0.648. The van der Waals surface area contributed by atoms with E-state index in [-0.39, 0.29) is 17.8 Å². The van der Waals surface area contributed by atoms with Gasteiger partial charge in [-0.25, -0.2) is 8.78 Å². The van der Waals surface area contributed by atoms with Gasteiger partial charge in [-0.1, -0.05) is 42.5 Å². The molecular weight excluding hydrogens is 350 g/mol. The molecule has 0 fully saturated rings.